The molecule has 0 radical (unpaired) electrons. The van der Waals surface area contributed by atoms with Crippen LogP contribution in [-0.2, 0) is 13.1 Å². The highest BCUT2D eigenvalue weighted by atomic mass is 127. The Hall–Kier alpha value is -0.860. The summed E-state index contributed by atoms with van der Waals surface area (Å²) < 4.78 is 0. The van der Waals surface area contributed by atoms with Gasteiger partial charge in [0.1, 0.15) is 0 Å². The molecule has 5 nitrogen and oxygen atoms in total. The van der Waals surface area contributed by atoms with Crippen LogP contribution >= 0.6 is 24.0 Å². The van der Waals surface area contributed by atoms with E-state index >= 15 is 0 Å². The fraction of sp³-hybridized carbons (Fsp3) is 0.632. The molecule has 0 aliphatic carbocycles. The molecule has 1 aliphatic rings. The molecule has 1 aromatic carbocycles. The van der Waals surface area contributed by atoms with Gasteiger partial charge in [-0.25, -0.2) is 4.99 Å². The molecule has 0 spiro atoms. The van der Waals surface area contributed by atoms with Crippen LogP contribution in [0.15, 0.2) is 29.3 Å². The quantitative estimate of drug-likeness (QED) is 0.317. The first kappa shape index (κ1) is 22.2. The second kappa shape index (κ2) is 12.5. The molecule has 142 valence electrons. The molecule has 25 heavy (non-hydrogen) atoms. The Labute approximate surface area is 169 Å². The Balaban J connectivity index is 0.00000312. The molecule has 1 fully saturated rings. The number of hydrogen-bond acceptors (Lipinski definition) is 3. The number of aliphatic imine (C=N–C) groups is 1. The summed E-state index contributed by atoms with van der Waals surface area (Å²) in [7, 11) is 0. The molecule has 0 amide bonds. The third-order valence-corrected chi connectivity index (χ3v) is 4.32. The highest BCUT2D eigenvalue weighted by Gasteiger charge is 2.11. The highest BCUT2D eigenvalue weighted by Crippen LogP contribution is 2.13. The van der Waals surface area contributed by atoms with E-state index in [1.165, 1.54) is 37.1 Å². The summed E-state index contributed by atoms with van der Waals surface area (Å²) in [6.07, 6.45) is 2.67. The molecular weight excluding hydrogens is 427 g/mol. The number of guanidine groups is 1. The van der Waals surface area contributed by atoms with Crippen molar-refractivity contribution < 1.29 is 5.11 Å². The number of benzene rings is 1. The summed E-state index contributed by atoms with van der Waals surface area (Å²) in [4.78, 5) is 7.14. The van der Waals surface area contributed by atoms with Crippen LogP contribution in [0.3, 0.4) is 0 Å². The summed E-state index contributed by atoms with van der Waals surface area (Å²) in [5.41, 5.74) is 2.60. The van der Waals surface area contributed by atoms with E-state index in [1.54, 1.807) is 0 Å². The van der Waals surface area contributed by atoms with Crippen molar-refractivity contribution in [3.8, 4) is 0 Å². The molecular formula is C19H33IN4O. The Morgan fingerprint density at radius 1 is 1.16 bits per heavy atom. The first-order valence-corrected chi connectivity index (χ1v) is 9.14. The van der Waals surface area contributed by atoms with Crippen LogP contribution in [0, 0.1) is 5.92 Å². The average Bonchev–Trinajstić information content (AvgIpc) is 3.11. The van der Waals surface area contributed by atoms with E-state index in [9.17, 15) is 0 Å². The van der Waals surface area contributed by atoms with Crippen molar-refractivity contribution in [3.05, 3.63) is 35.4 Å². The molecule has 1 unspecified atom stereocenters. The SMILES string of the molecule is CCNC(=NCc1ccc(CN2CCCC2)cc1)NCC(C)CO.I. The Morgan fingerprint density at radius 3 is 2.40 bits per heavy atom. The monoisotopic (exact) mass is 460 g/mol. The van der Waals surface area contributed by atoms with Crippen molar-refractivity contribution in [2.24, 2.45) is 10.9 Å². The van der Waals surface area contributed by atoms with E-state index < -0.39 is 0 Å². The minimum absolute atomic E-state index is 0. The van der Waals surface area contributed by atoms with Crippen molar-refractivity contribution >= 4 is 29.9 Å². The summed E-state index contributed by atoms with van der Waals surface area (Å²) in [5.74, 6) is 1.03. The molecule has 0 aromatic heterocycles. The minimum Gasteiger partial charge on any atom is -0.396 e. The van der Waals surface area contributed by atoms with Gasteiger partial charge in [-0.3, -0.25) is 4.90 Å². The zero-order valence-corrected chi connectivity index (χ0v) is 17.8. The van der Waals surface area contributed by atoms with Crippen LogP contribution in [0.2, 0.25) is 0 Å². The van der Waals surface area contributed by atoms with E-state index in [-0.39, 0.29) is 36.5 Å². The van der Waals surface area contributed by atoms with Gasteiger partial charge in [0, 0.05) is 26.2 Å². The zero-order valence-electron chi connectivity index (χ0n) is 15.5. The Kier molecular flexibility index (Phi) is 11.1. The number of likely N-dealkylation sites (tertiary alicyclic amines) is 1. The number of halogens is 1. The summed E-state index contributed by atoms with van der Waals surface area (Å²) in [6, 6.07) is 8.79. The van der Waals surface area contributed by atoms with Crippen LogP contribution in [0.5, 0.6) is 0 Å². The van der Waals surface area contributed by atoms with E-state index in [0.717, 1.165) is 25.6 Å². The van der Waals surface area contributed by atoms with Gasteiger partial charge in [0.25, 0.3) is 0 Å². The van der Waals surface area contributed by atoms with Crippen molar-refractivity contribution in [1.82, 2.24) is 15.5 Å². The number of hydrogen-bond donors (Lipinski definition) is 3. The molecule has 6 heteroatoms. The lowest BCUT2D eigenvalue weighted by atomic mass is 10.1. The van der Waals surface area contributed by atoms with E-state index in [1.807, 2.05) is 6.92 Å². The Bertz CT molecular complexity index is 501. The van der Waals surface area contributed by atoms with Gasteiger partial charge in [-0.05, 0) is 49.9 Å². The van der Waals surface area contributed by atoms with Gasteiger partial charge in [-0.15, -0.1) is 24.0 Å². The van der Waals surface area contributed by atoms with Crippen molar-refractivity contribution in [2.45, 2.75) is 39.8 Å². The second-order valence-electron chi connectivity index (χ2n) is 6.66. The van der Waals surface area contributed by atoms with Crippen LogP contribution in [-0.4, -0.2) is 48.8 Å². The van der Waals surface area contributed by atoms with Crippen LogP contribution in [0.1, 0.15) is 37.8 Å². The smallest absolute Gasteiger partial charge is 0.191 e. The maximum atomic E-state index is 9.11. The van der Waals surface area contributed by atoms with Gasteiger partial charge in [0.2, 0.25) is 0 Å². The standard InChI is InChI=1S/C19H32N4O.HI/c1-3-20-19(21-12-16(2)15-24)22-13-17-6-8-18(9-7-17)14-23-10-4-5-11-23;/h6-9,16,24H,3-5,10-15H2,1-2H3,(H2,20,21,22);1H. The lowest BCUT2D eigenvalue weighted by molar-refractivity contribution is 0.238. The van der Waals surface area contributed by atoms with Gasteiger partial charge in [0.15, 0.2) is 5.96 Å². The van der Waals surface area contributed by atoms with E-state index in [2.05, 4.69) is 51.7 Å². The predicted octanol–water partition coefficient (Wildman–Crippen LogP) is 2.58. The van der Waals surface area contributed by atoms with Crippen LogP contribution < -0.4 is 10.6 Å². The molecule has 1 aromatic rings. The fourth-order valence-electron chi connectivity index (χ4n) is 2.80. The van der Waals surface area contributed by atoms with Gasteiger partial charge in [0.05, 0.1) is 6.54 Å². The number of nitrogens with zero attached hydrogens (tertiary/aromatic N) is 2. The predicted molar refractivity (Wildman–Crippen MR) is 115 cm³/mol. The molecule has 1 atom stereocenters. The number of aliphatic hydroxyl groups is 1. The van der Waals surface area contributed by atoms with Crippen LogP contribution in [0.4, 0.5) is 0 Å². The third-order valence-electron chi connectivity index (χ3n) is 4.32. The number of rotatable bonds is 8. The molecule has 1 heterocycles. The minimum atomic E-state index is 0. The zero-order chi connectivity index (χ0) is 17.2. The van der Waals surface area contributed by atoms with Gasteiger partial charge >= 0.3 is 0 Å². The van der Waals surface area contributed by atoms with E-state index in [4.69, 9.17) is 5.11 Å². The molecule has 3 N–H and O–H groups in total. The first-order valence-electron chi connectivity index (χ1n) is 9.14. The lowest BCUT2D eigenvalue weighted by Gasteiger charge is -2.15. The van der Waals surface area contributed by atoms with E-state index in [0.29, 0.717) is 6.54 Å². The molecule has 0 saturated carbocycles. The summed E-state index contributed by atoms with van der Waals surface area (Å²) in [6.45, 7) is 9.98. The maximum Gasteiger partial charge on any atom is 0.191 e. The first-order chi connectivity index (χ1) is 11.7. The normalized spacial score (nSPS) is 16.4. The third kappa shape index (κ3) is 8.37. The summed E-state index contributed by atoms with van der Waals surface area (Å²) >= 11 is 0. The van der Waals surface area contributed by atoms with Crippen molar-refractivity contribution in [3.63, 3.8) is 0 Å². The largest absolute Gasteiger partial charge is 0.396 e. The van der Waals surface area contributed by atoms with Crippen molar-refractivity contribution in [2.75, 3.05) is 32.8 Å². The summed E-state index contributed by atoms with van der Waals surface area (Å²) in [5, 5.41) is 15.6. The van der Waals surface area contributed by atoms with Crippen molar-refractivity contribution in [1.29, 1.82) is 0 Å². The number of nitrogens with one attached hydrogen (secondary N) is 2. The Morgan fingerprint density at radius 2 is 1.80 bits per heavy atom. The second-order valence-corrected chi connectivity index (χ2v) is 6.66. The molecule has 1 aliphatic heterocycles. The van der Waals surface area contributed by atoms with Gasteiger partial charge in [-0.1, -0.05) is 31.2 Å². The van der Waals surface area contributed by atoms with Crippen LogP contribution in [0.25, 0.3) is 0 Å². The number of aliphatic hydroxyl groups excluding tert-OH is 1. The van der Waals surface area contributed by atoms with Gasteiger partial charge < -0.3 is 15.7 Å². The molecule has 2 rings (SSSR count). The topological polar surface area (TPSA) is 59.9 Å². The fourth-order valence-corrected chi connectivity index (χ4v) is 2.80. The maximum absolute atomic E-state index is 9.11. The highest BCUT2D eigenvalue weighted by molar-refractivity contribution is 14.0. The molecule has 0 bridgehead atoms. The molecule has 1 saturated heterocycles. The van der Waals surface area contributed by atoms with Gasteiger partial charge in [-0.2, -0.15) is 0 Å². The average molecular weight is 460 g/mol. The lowest BCUT2D eigenvalue weighted by Crippen LogP contribution is -2.39.